The number of hydrogen-bond acceptors (Lipinski definition) is 4. The Morgan fingerprint density at radius 1 is 1.48 bits per heavy atom. The lowest BCUT2D eigenvalue weighted by molar-refractivity contribution is 0.0656. The van der Waals surface area contributed by atoms with E-state index in [4.69, 9.17) is 5.73 Å². The molecule has 1 aromatic heterocycles. The highest BCUT2D eigenvalue weighted by atomic mass is 16.2. The summed E-state index contributed by atoms with van der Waals surface area (Å²) in [7, 11) is 3.92. The van der Waals surface area contributed by atoms with Gasteiger partial charge in [-0.05, 0) is 39.7 Å². The average Bonchev–Trinajstić information content (AvgIpc) is 2.78. The van der Waals surface area contributed by atoms with E-state index in [1.54, 1.807) is 11.7 Å². The molecule has 1 fully saturated rings. The summed E-state index contributed by atoms with van der Waals surface area (Å²) < 4.78 is 1.57. The zero-order valence-electron chi connectivity index (χ0n) is 13.5. The zero-order chi connectivity index (χ0) is 15.6. The second kappa shape index (κ2) is 6.47. The Kier molecular flexibility index (Phi) is 4.88. The minimum absolute atomic E-state index is 0.00293. The maximum absolute atomic E-state index is 12.5. The minimum atomic E-state index is 0.00293. The largest absolute Gasteiger partial charge is 0.396 e. The van der Waals surface area contributed by atoms with Crippen molar-refractivity contribution >= 4 is 11.6 Å². The zero-order valence-corrected chi connectivity index (χ0v) is 13.5. The number of carbonyl (C=O) groups excluding carboxylic acids is 1. The molecule has 1 saturated heterocycles. The van der Waals surface area contributed by atoms with Crippen molar-refractivity contribution in [3.8, 4) is 0 Å². The predicted octanol–water partition coefficient (Wildman–Crippen LogP) is 1.19. The number of carbonyl (C=O) groups is 1. The number of likely N-dealkylation sites (tertiary alicyclic amines) is 1. The number of hydrogen-bond donors (Lipinski definition) is 1. The van der Waals surface area contributed by atoms with Gasteiger partial charge in [-0.1, -0.05) is 0 Å². The van der Waals surface area contributed by atoms with Crippen molar-refractivity contribution in [2.75, 3.05) is 32.4 Å². The van der Waals surface area contributed by atoms with E-state index in [1.165, 1.54) is 6.20 Å². The SMILES string of the molecule is CC(C)N(C)CC1CCN(C(=O)c2c(N)cnn2C)CC1. The van der Waals surface area contributed by atoms with Crippen LogP contribution < -0.4 is 5.73 Å². The number of anilines is 1. The van der Waals surface area contributed by atoms with E-state index in [0.29, 0.717) is 23.3 Å². The molecule has 6 heteroatoms. The fraction of sp³-hybridized carbons (Fsp3) is 0.733. The van der Waals surface area contributed by atoms with Crippen molar-refractivity contribution in [1.29, 1.82) is 0 Å². The van der Waals surface area contributed by atoms with E-state index >= 15 is 0 Å². The first-order chi connectivity index (χ1) is 9.90. The van der Waals surface area contributed by atoms with Crippen LogP contribution in [0.15, 0.2) is 6.20 Å². The molecule has 2 heterocycles. The Balaban J connectivity index is 1.91. The highest BCUT2D eigenvalue weighted by molar-refractivity contribution is 5.97. The molecule has 1 amide bonds. The average molecular weight is 293 g/mol. The third kappa shape index (κ3) is 3.56. The highest BCUT2D eigenvalue weighted by Gasteiger charge is 2.27. The van der Waals surface area contributed by atoms with Crippen molar-refractivity contribution in [2.45, 2.75) is 32.7 Å². The Labute approximate surface area is 126 Å². The molecule has 0 saturated carbocycles. The van der Waals surface area contributed by atoms with Gasteiger partial charge in [-0.3, -0.25) is 9.48 Å². The van der Waals surface area contributed by atoms with Gasteiger partial charge in [0.25, 0.3) is 5.91 Å². The molecule has 0 radical (unpaired) electrons. The molecular formula is C15H27N5O. The van der Waals surface area contributed by atoms with Crippen LogP contribution in [-0.4, -0.2) is 58.2 Å². The van der Waals surface area contributed by atoms with Crippen LogP contribution >= 0.6 is 0 Å². The first-order valence-electron chi connectivity index (χ1n) is 7.67. The van der Waals surface area contributed by atoms with Crippen LogP contribution in [0.2, 0.25) is 0 Å². The van der Waals surface area contributed by atoms with Crippen molar-refractivity contribution in [3.63, 3.8) is 0 Å². The summed E-state index contributed by atoms with van der Waals surface area (Å²) in [6, 6.07) is 0.568. The standard InChI is InChI=1S/C15H27N5O/c1-11(2)18(3)10-12-5-7-20(8-6-12)15(21)14-13(16)9-17-19(14)4/h9,11-12H,5-8,10,16H2,1-4H3. The second-order valence-electron chi connectivity index (χ2n) is 6.34. The number of amides is 1. The molecule has 0 unspecified atom stereocenters. The summed E-state index contributed by atoms with van der Waals surface area (Å²) in [5.74, 6) is 0.675. The van der Waals surface area contributed by atoms with Crippen LogP contribution in [0.3, 0.4) is 0 Å². The van der Waals surface area contributed by atoms with Gasteiger partial charge in [0.15, 0.2) is 0 Å². The van der Waals surface area contributed by atoms with Crippen LogP contribution in [0, 0.1) is 5.92 Å². The summed E-state index contributed by atoms with van der Waals surface area (Å²) >= 11 is 0. The molecule has 0 aromatic carbocycles. The van der Waals surface area contributed by atoms with Gasteiger partial charge in [-0.25, -0.2) is 0 Å². The summed E-state index contributed by atoms with van der Waals surface area (Å²) in [5, 5.41) is 4.04. The number of piperidine rings is 1. The van der Waals surface area contributed by atoms with Gasteiger partial charge in [0.05, 0.1) is 11.9 Å². The number of nitrogen functional groups attached to an aromatic ring is 1. The van der Waals surface area contributed by atoms with Crippen LogP contribution in [-0.2, 0) is 7.05 Å². The lowest BCUT2D eigenvalue weighted by Gasteiger charge is -2.35. The van der Waals surface area contributed by atoms with Gasteiger partial charge in [0, 0.05) is 32.7 Å². The molecule has 118 valence electrons. The van der Waals surface area contributed by atoms with Gasteiger partial charge in [0.1, 0.15) is 5.69 Å². The summed E-state index contributed by atoms with van der Waals surface area (Å²) in [6.45, 7) is 7.14. The number of aromatic nitrogens is 2. The summed E-state index contributed by atoms with van der Waals surface area (Å²) in [6.07, 6.45) is 3.65. The monoisotopic (exact) mass is 293 g/mol. The molecule has 1 aromatic rings. The quantitative estimate of drug-likeness (QED) is 0.905. The first-order valence-corrected chi connectivity index (χ1v) is 7.67. The lowest BCUT2D eigenvalue weighted by atomic mass is 9.95. The topological polar surface area (TPSA) is 67.4 Å². The van der Waals surface area contributed by atoms with E-state index in [0.717, 1.165) is 32.5 Å². The Morgan fingerprint density at radius 2 is 2.10 bits per heavy atom. The Morgan fingerprint density at radius 3 is 2.57 bits per heavy atom. The van der Waals surface area contributed by atoms with E-state index in [2.05, 4.69) is 30.9 Å². The van der Waals surface area contributed by atoms with Gasteiger partial charge >= 0.3 is 0 Å². The van der Waals surface area contributed by atoms with Gasteiger partial charge < -0.3 is 15.5 Å². The second-order valence-corrected chi connectivity index (χ2v) is 6.34. The van der Waals surface area contributed by atoms with Crippen molar-refractivity contribution < 1.29 is 4.79 Å². The molecule has 0 bridgehead atoms. The van der Waals surface area contributed by atoms with Crippen LogP contribution in [0.1, 0.15) is 37.2 Å². The third-order valence-corrected chi connectivity index (χ3v) is 4.50. The smallest absolute Gasteiger partial charge is 0.274 e. The number of nitrogens with two attached hydrogens (primary N) is 1. The molecule has 2 N–H and O–H groups in total. The van der Waals surface area contributed by atoms with E-state index in [9.17, 15) is 4.79 Å². The Bertz CT molecular complexity index is 469. The maximum atomic E-state index is 12.5. The predicted molar refractivity (Wildman–Crippen MR) is 84.0 cm³/mol. The molecule has 1 aliphatic rings. The van der Waals surface area contributed by atoms with Gasteiger partial charge in [0.2, 0.25) is 0 Å². The van der Waals surface area contributed by atoms with Gasteiger partial charge in [-0.15, -0.1) is 0 Å². The maximum Gasteiger partial charge on any atom is 0.274 e. The van der Waals surface area contributed by atoms with E-state index in [1.807, 2.05) is 4.90 Å². The number of aryl methyl sites for hydroxylation is 1. The molecule has 21 heavy (non-hydrogen) atoms. The summed E-state index contributed by atoms with van der Waals surface area (Å²) in [4.78, 5) is 16.8. The molecule has 0 aliphatic carbocycles. The molecule has 6 nitrogen and oxygen atoms in total. The molecule has 0 spiro atoms. The van der Waals surface area contributed by atoms with Crippen molar-refractivity contribution in [2.24, 2.45) is 13.0 Å². The fourth-order valence-corrected chi connectivity index (χ4v) is 2.80. The first kappa shape index (κ1) is 15.8. The lowest BCUT2D eigenvalue weighted by Crippen LogP contribution is -2.42. The number of rotatable bonds is 4. The molecule has 2 rings (SSSR count). The van der Waals surface area contributed by atoms with Crippen molar-refractivity contribution in [3.05, 3.63) is 11.9 Å². The van der Waals surface area contributed by atoms with E-state index < -0.39 is 0 Å². The molecule has 0 atom stereocenters. The highest BCUT2D eigenvalue weighted by Crippen LogP contribution is 2.21. The molecule has 1 aliphatic heterocycles. The minimum Gasteiger partial charge on any atom is -0.396 e. The van der Waals surface area contributed by atoms with Crippen LogP contribution in [0.4, 0.5) is 5.69 Å². The van der Waals surface area contributed by atoms with Crippen LogP contribution in [0.5, 0.6) is 0 Å². The molecular weight excluding hydrogens is 266 g/mol. The number of nitrogens with zero attached hydrogens (tertiary/aromatic N) is 4. The van der Waals surface area contributed by atoms with Gasteiger partial charge in [-0.2, -0.15) is 5.10 Å². The summed E-state index contributed by atoms with van der Waals surface area (Å²) in [5.41, 5.74) is 6.81. The van der Waals surface area contributed by atoms with Crippen molar-refractivity contribution in [1.82, 2.24) is 19.6 Å². The van der Waals surface area contributed by atoms with Crippen LogP contribution in [0.25, 0.3) is 0 Å². The Hall–Kier alpha value is -1.56. The third-order valence-electron chi connectivity index (χ3n) is 4.50. The fourth-order valence-electron chi connectivity index (χ4n) is 2.80. The normalized spacial score (nSPS) is 17.0. The van der Waals surface area contributed by atoms with E-state index in [-0.39, 0.29) is 5.91 Å².